The summed E-state index contributed by atoms with van der Waals surface area (Å²) < 4.78 is 26.8. The van der Waals surface area contributed by atoms with Crippen molar-refractivity contribution in [3.8, 4) is 0 Å². The van der Waals surface area contributed by atoms with Crippen LogP contribution in [-0.4, -0.2) is 18.5 Å². The van der Waals surface area contributed by atoms with Gasteiger partial charge in [0.2, 0.25) is 5.91 Å². The van der Waals surface area contributed by atoms with Gasteiger partial charge >= 0.3 is 0 Å². The van der Waals surface area contributed by atoms with Crippen LogP contribution in [0, 0.1) is 11.6 Å². The number of carbonyl (C=O) groups is 1. The number of hydrogen-bond donors (Lipinski definition) is 3. The molecule has 106 valence electrons. The van der Waals surface area contributed by atoms with Gasteiger partial charge in [-0.05, 0) is 25.5 Å². The monoisotopic (exact) mass is 271 g/mol. The Morgan fingerprint density at radius 3 is 2.47 bits per heavy atom. The number of halogens is 2. The lowest BCUT2D eigenvalue weighted by Crippen LogP contribution is -2.33. The molecule has 4 nitrogen and oxygen atoms in total. The van der Waals surface area contributed by atoms with E-state index in [0.29, 0.717) is 0 Å². The lowest BCUT2D eigenvalue weighted by atomic mass is 10.2. The number of benzene rings is 1. The Kier molecular flexibility index (Phi) is 5.54. The van der Waals surface area contributed by atoms with Crippen LogP contribution >= 0.6 is 0 Å². The Morgan fingerprint density at radius 2 is 1.95 bits per heavy atom. The van der Waals surface area contributed by atoms with Crippen LogP contribution < -0.4 is 16.4 Å². The highest BCUT2D eigenvalue weighted by Crippen LogP contribution is 2.21. The molecule has 4 N–H and O–H groups in total. The first-order valence-electron chi connectivity index (χ1n) is 6.21. The van der Waals surface area contributed by atoms with E-state index in [2.05, 4.69) is 10.6 Å². The van der Waals surface area contributed by atoms with Gasteiger partial charge in [-0.2, -0.15) is 0 Å². The Bertz CT molecular complexity index is 429. The number of nitrogen functional groups attached to an aromatic ring is 1. The molecule has 0 heterocycles. The average Bonchev–Trinajstić information content (AvgIpc) is 2.32. The largest absolute Gasteiger partial charge is 0.399 e. The highest BCUT2D eigenvalue weighted by atomic mass is 19.1. The number of hydrogen-bond acceptors (Lipinski definition) is 3. The zero-order chi connectivity index (χ0) is 14.4. The summed E-state index contributed by atoms with van der Waals surface area (Å²) >= 11 is 0. The predicted molar refractivity (Wildman–Crippen MR) is 71.8 cm³/mol. The molecule has 6 heteroatoms. The van der Waals surface area contributed by atoms with Crippen molar-refractivity contribution in [2.24, 2.45) is 0 Å². The summed E-state index contributed by atoms with van der Waals surface area (Å²) in [6.45, 7) is 4.01. The van der Waals surface area contributed by atoms with Crippen LogP contribution in [-0.2, 0) is 4.79 Å². The fourth-order valence-corrected chi connectivity index (χ4v) is 1.51. The second-order valence-electron chi connectivity index (χ2n) is 4.41. The van der Waals surface area contributed by atoms with Crippen LogP contribution in [0.2, 0.25) is 0 Å². The third kappa shape index (κ3) is 4.73. The molecule has 1 aromatic carbocycles. The molecule has 0 radical (unpaired) electrons. The Hall–Kier alpha value is -1.85. The van der Waals surface area contributed by atoms with Crippen LogP contribution in [0.15, 0.2) is 12.1 Å². The first-order chi connectivity index (χ1) is 8.93. The molecular weight excluding hydrogens is 252 g/mol. The quantitative estimate of drug-likeness (QED) is 0.695. The molecule has 19 heavy (non-hydrogen) atoms. The third-order valence-corrected chi connectivity index (χ3v) is 2.74. The summed E-state index contributed by atoms with van der Waals surface area (Å²) in [7, 11) is 0. The number of nitrogens with two attached hydrogens (primary N) is 1. The molecule has 0 bridgehead atoms. The molecule has 0 aliphatic rings. The zero-order valence-electron chi connectivity index (χ0n) is 11.1. The van der Waals surface area contributed by atoms with Gasteiger partial charge in [-0.25, -0.2) is 8.78 Å². The highest BCUT2D eigenvalue weighted by Gasteiger charge is 2.11. The highest BCUT2D eigenvalue weighted by molar-refractivity contribution is 5.76. The number of anilines is 2. The Balaban J connectivity index is 2.48. The van der Waals surface area contributed by atoms with Crippen molar-refractivity contribution in [2.75, 3.05) is 17.6 Å². The van der Waals surface area contributed by atoms with Gasteiger partial charge in [0.1, 0.15) is 5.69 Å². The van der Waals surface area contributed by atoms with Gasteiger partial charge in [0.05, 0.1) is 0 Å². The maximum absolute atomic E-state index is 13.4. The van der Waals surface area contributed by atoms with Gasteiger partial charge in [0.15, 0.2) is 11.6 Å². The van der Waals surface area contributed by atoms with Gasteiger partial charge in [-0.3, -0.25) is 4.79 Å². The number of carbonyl (C=O) groups excluding carboxylic acids is 1. The van der Waals surface area contributed by atoms with Crippen molar-refractivity contribution in [2.45, 2.75) is 32.7 Å². The molecule has 0 saturated carbocycles. The summed E-state index contributed by atoms with van der Waals surface area (Å²) in [5.41, 5.74) is 5.07. The third-order valence-electron chi connectivity index (χ3n) is 2.74. The topological polar surface area (TPSA) is 67.2 Å². The summed E-state index contributed by atoms with van der Waals surface area (Å²) in [6.07, 6.45) is 0.980. The first kappa shape index (κ1) is 15.2. The van der Waals surface area contributed by atoms with Gasteiger partial charge < -0.3 is 16.4 Å². The van der Waals surface area contributed by atoms with Crippen LogP contribution in [0.5, 0.6) is 0 Å². The van der Waals surface area contributed by atoms with E-state index in [1.165, 1.54) is 0 Å². The standard InChI is InChI=1S/C13H19F2N3O/c1-3-8(2)18-12(19)4-5-17-13-10(14)6-9(16)7-11(13)15/h6-8,17H,3-5,16H2,1-2H3,(H,18,19). The van der Waals surface area contributed by atoms with Crippen molar-refractivity contribution >= 4 is 17.3 Å². The summed E-state index contributed by atoms with van der Waals surface area (Å²) in [5, 5.41) is 5.33. The van der Waals surface area contributed by atoms with Crippen molar-refractivity contribution in [1.29, 1.82) is 0 Å². The fourth-order valence-electron chi connectivity index (χ4n) is 1.51. The van der Waals surface area contributed by atoms with Gasteiger partial charge in [-0.1, -0.05) is 6.92 Å². The predicted octanol–water partition coefficient (Wildman–Crippen LogP) is 2.26. The molecule has 0 spiro atoms. The molecule has 0 fully saturated rings. The van der Waals surface area contributed by atoms with E-state index in [1.807, 2.05) is 13.8 Å². The molecule has 1 atom stereocenters. The Morgan fingerprint density at radius 1 is 1.37 bits per heavy atom. The van der Waals surface area contributed by atoms with E-state index in [-0.39, 0.29) is 36.3 Å². The van der Waals surface area contributed by atoms with E-state index in [1.54, 1.807) is 0 Å². The molecule has 1 aromatic rings. The van der Waals surface area contributed by atoms with Gasteiger partial charge in [0, 0.05) is 24.7 Å². The fraction of sp³-hybridized carbons (Fsp3) is 0.462. The molecule has 1 rings (SSSR count). The normalized spacial score (nSPS) is 12.0. The SMILES string of the molecule is CCC(C)NC(=O)CCNc1c(F)cc(N)cc1F. The zero-order valence-corrected chi connectivity index (χ0v) is 11.1. The second-order valence-corrected chi connectivity index (χ2v) is 4.41. The minimum absolute atomic E-state index is 0.0232. The number of amides is 1. The lowest BCUT2D eigenvalue weighted by Gasteiger charge is -2.12. The van der Waals surface area contributed by atoms with E-state index in [9.17, 15) is 13.6 Å². The van der Waals surface area contributed by atoms with Crippen LogP contribution in [0.1, 0.15) is 26.7 Å². The molecular formula is C13H19F2N3O. The molecule has 1 amide bonds. The van der Waals surface area contributed by atoms with Crippen LogP contribution in [0.4, 0.5) is 20.2 Å². The maximum atomic E-state index is 13.4. The first-order valence-corrected chi connectivity index (χ1v) is 6.21. The molecule has 1 unspecified atom stereocenters. The summed E-state index contributed by atoms with van der Waals surface area (Å²) in [4.78, 5) is 11.5. The van der Waals surface area contributed by atoms with Crippen molar-refractivity contribution in [3.05, 3.63) is 23.8 Å². The van der Waals surface area contributed by atoms with Crippen LogP contribution in [0.25, 0.3) is 0 Å². The summed E-state index contributed by atoms with van der Waals surface area (Å²) in [6, 6.07) is 2.16. The van der Waals surface area contributed by atoms with E-state index >= 15 is 0 Å². The molecule has 0 aromatic heterocycles. The van der Waals surface area contributed by atoms with Gasteiger partial charge in [0.25, 0.3) is 0 Å². The Labute approximate surface area is 111 Å². The molecule has 0 aliphatic carbocycles. The molecule has 0 saturated heterocycles. The summed E-state index contributed by atoms with van der Waals surface area (Å²) in [5.74, 6) is -1.68. The lowest BCUT2D eigenvalue weighted by molar-refractivity contribution is -0.121. The maximum Gasteiger partial charge on any atom is 0.221 e. The van der Waals surface area contributed by atoms with E-state index < -0.39 is 11.6 Å². The second kappa shape index (κ2) is 6.92. The van der Waals surface area contributed by atoms with E-state index in [4.69, 9.17) is 5.73 Å². The van der Waals surface area contributed by atoms with Crippen molar-refractivity contribution in [3.63, 3.8) is 0 Å². The number of nitrogens with one attached hydrogen (secondary N) is 2. The van der Waals surface area contributed by atoms with E-state index in [0.717, 1.165) is 18.6 Å². The smallest absolute Gasteiger partial charge is 0.221 e. The van der Waals surface area contributed by atoms with Crippen molar-refractivity contribution < 1.29 is 13.6 Å². The van der Waals surface area contributed by atoms with Crippen LogP contribution in [0.3, 0.4) is 0 Å². The minimum atomic E-state index is -0.764. The number of rotatable bonds is 6. The van der Waals surface area contributed by atoms with Crippen molar-refractivity contribution in [1.82, 2.24) is 5.32 Å². The average molecular weight is 271 g/mol. The molecule has 0 aliphatic heterocycles. The van der Waals surface area contributed by atoms with Gasteiger partial charge in [-0.15, -0.1) is 0 Å². The minimum Gasteiger partial charge on any atom is -0.399 e.